The van der Waals surface area contributed by atoms with Gasteiger partial charge >= 0.3 is 0 Å². The first-order valence-corrected chi connectivity index (χ1v) is 8.89. The summed E-state index contributed by atoms with van der Waals surface area (Å²) in [6, 6.07) is 0.587. The number of ether oxygens (including phenoxy) is 1. The Bertz CT molecular complexity index is 553. The van der Waals surface area contributed by atoms with Crippen LogP contribution in [0.2, 0.25) is 0 Å². The molecule has 126 valence electrons. The van der Waals surface area contributed by atoms with Crippen LogP contribution < -0.4 is 0 Å². The Labute approximate surface area is 137 Å². The molecule has 0 saturated carbocycles. The molecule has 2 saturated heterocycles. The molecule has 1 atom stereocenters. The van der Waals surface area contributed by atoms with Crippen LogP contribution in [0.25, 0.3) is 0 Å². The summed E-state index contributed by atoms with van der Waals surface area (Å²) in [5, 5.41) is 0. The summed E-state index contributed by atoms with van der Waals surface area (Å²) in [5.74, 6) is 1.97. The third-order valence-electron chi connectivity index (χ3n) is 5.45. The highest BCUT2D eigenvalue weighted by molar-refractivity contribution is 5.78. The van der Waals surface area contributed by atoms with Crippen molar-refractivity contribution in [2.75, 3.05) is 32.8 Å². The fraction of sp³-hybridized carbons (Fsp3) is 0.765. The van der Waals surface area contributed by atoms with Crippen LogP contribution in [0.5, 0.6) is 0 Å². The van der Waals surface area contributed by atoms with Crippen LogP contribution in [0.1, 0.15) is 31.5 Å². The number of nitrogens with zero attached hydrogens (tertiary/aromatic N) is 4. The summed E-state index contributed by atoms with van der Waals surface area (Å²) < 4.78 is 7.81. The van der Waals surface area contributed by atoms with E-state index in [1.54, 1.807) is 0 Å². The lowest BCUT2D eigenvalue weighted by Gasteiger charge is -2.35. The molecule has 1 amide bonds. The molecular formula is C17H26N4O2. The molecule has 23 heavy (non-hydrogen) atoms. The number of hydrogen-bond acceptors (Lipinski definition) is 4. The molecule has 0 bridgehead atoms. The van der Waals surface area contributed by atoms with Gasteiger partial charge in [-0.2, -0.15) is 0 Å². The monoisotopic (exact) mass is 318 g/mol. The number of amides is 1. The van der Waals surface area contributed by atoms with Gasteiger partial charge in [-0.15, -0.1) is 0 Å². The van der Waals surface area contributed by atoms with Crippen molar-refractivity contribution >= 4 is 5.91 Å². The number of carbonyl (C=O) groups is 1. The van der Waals surface area contributed by atoms with Gasteiger partial charge in [0, 0.05) is 70.2 Å². The number of rotatable bonds is 3. The second-order valence-corrected chi connectivity index (χ2v) is 7.08. The summed E-state index contributed by atoms with van der Waals surface area (Å²) in [6.45, 7) is 6.49. The van der Waals surface area contributed by atoms with E-state index in [0.717, 1.165) is 77.4 Å². The molecule has 2 fully saturated rings. The van der Waals surface area contributed by atoms with Gasteiger partial charge in [-0.25, -0.2) is 4.98 Å². The number of imidazole rings is 1. The smallest absolute Gasteiger partial charge is 0.222 e. The van der Waals surface area contributed by atoms with Gasteiger partial charge in [-0.1, -0.05) is 0 Å². The summed E-state index contributed by atoms with van der Waals surface area (Å²) in [7, 11) is 0. The van der Waals surface area contributed by atoms with Crippen molar-refractivity contribution in [2.45, 2.75) is 44.8 Å². The van der Waals surface area contributed by atoms with Crippen LogP contribution in [0.4, 0.5) is 0 Å². The van der Waals surface area contributed by atoms with E-state index in [0.29, 0.717) is 17.9 Å². The van der Waals surface area contributed by atoms with E-state index in [4.69, 9.17) is 4.74 Å². The quantitative estimate of drug-likeness (QED) is 0.838. The van der Waals surface area contributed by atoms with Crippen molar-refractivity contribution in [2.24, 2.45) is 5.92 Å². The molecule has 1 aromatic heterocycles. The fourth-order valence-corrected chi connectivity index (χ4v) is 4.22. The topological polar surface area (TPSA) is 50.6 Å². The predicted octanol–water partition coefficient (Wildman–Crippen LogP) is 1.12. The van der Waals surface area contributed by atoms with Crippen LogP contribution in [0.3, 0.4) is 0 Å². The molecule has 4 rings (SSSR count). The van der Waals surface area contributed by atoms with E-state index in [9.17, 15) is 4.79 Å². The molecule has 0 radical (unpaired) electrons. The summed E-state index contributed by atoms with van der Waals surface area (Å²) in [4.78, 5) is 21.2. The van der Waals surface area contributed by atoms with Gasteiger partial charge < -0.3 is 14.2 Å². The van der Waals surface area contributed by atoms with Crippen LogP contribution in [-0.4, -0.2) is 64.1 Å². The molecule has 1 aromatic rings. The SMILES string of the molecule is O=C1CCCN1CC1CN(C2CCOCC2)Cc2nccn2C1. The lowest BCUT2D eigenvalue weighted by Crippen LogP contribution is -2.43. The van der Waals surface area contributed by atoms with E-state index in [1.807, 2.05) is 6.20 Å². The Morgan fingerprint density at radius 2 is 2.13 bits per heavy atom. The highest BCUT2D eigenvalue weighted by atomic mass is 16.5. The largest absolute Gasteiger partial charge is 0.381 e. The number of carbonyl (C=O) groups excluding carboxylic acids is 1. The molecule has 4 heterocycles. The molecular weight excluding hydrogens is 292 g/mol. The zero-order valence-electron chi connectivity index (χ0n) is 13.7. The Morgan fingerprint density at radius 1 is 1.26 bits per heavy atom. The second kappa shape index (κ2) is 6.61. The summed E-state index contributed by atoms with van der Waals surface area (Å²) in [6.07, 6.45) is 7.95. The van der Waals surface area contributed by atoms with Crippen molar-refractivity contribution in [3.05, 3.63) is 18.2 Å². The van der Waals surface area contributed by atoms with Gasteiger partial charge in [-0.3, -0.25) is 9.69 Å². The summed E-state index contributed by atoms with van der Waals surface area (Å²) in [5.41, 5.74) is 0. The zero-order valence-corrected chi connectivity index (χ0v) is 13.7. The minimum atomic E-state index is 0.331. The molecule has 0 aromatic carbocycles. The fourth-order valence-electron chi connectivity index (χ4n) is 4.22. The number of aromatic nitrogens is 2. The van der Waals surface area contributed by atoms with Crippen molar-refractivity contribution in [3.63, 3.8) is 0 Å². The average Bonchev–Trinajstić information content (AvgIpc) is 3.13. The summed E-state index contributed by atoms with van der Waals surface area (Å²) >= 11 is 0. The van der Waals surface area contributed by atoms with Crippen LogP contribution in [0.15, 0.2) is 12.4 Å². The third kappa shape index (κ3) is 3.28. The standard InChI is InChI=1S/C17H26N4O2/c22-17-2-1-6-20(17)11-14-10-19-7-5-18-16(19)13-21(12-14)15-3-8-23-9-4-15/h5,7,14-15H,1-4,6,8-13H2. The van der Waals surface area contributed by atoms with Gasteiger partial charge in [0.1, 0.15) is 5.82 Å². The Hall–Kier alpha value is -1.40. The Kier molecular flexibility index (Phi) is 4.35. The van der Waals surface area contributed by atoms with Crippen molar-refractivity contribution in [1.82, 2.24) is 19.4 Å². The molecule has 6 heteroatoms. The Morgan fingerprint density at radius 3 is 2.91 bits per heavy atom. The maximum Gasteiger partial charge on any atom is 0.222 e. The number of hydrogen-bond donors (Lipinski definition) is 0. The van der Waals surface area contributed by atoms with E-state index < -0.39 is 0 Å². The first-order valence-electron chi connectivity index (χ1n) is 8.89. The van der Waals surface area contributed by atoms with Crippen LogP contribution in [0, 0.1) is 5.92 Å². The van der Waals surface area contributed by atoms with E-state index in [1.165, 1.54) is 0 Å². The lowest BCUT2D eigenvalue weighted by atomic mass is 10.0. The zero-order chi connectivity index (χ0) is 15.6. The molecule has 1 unspecified atom stereocenters. The van der Waals surface area contributed by atoms with E-state index >= 15 is 0 Å². The van der Waals surface area contributed by atoms with Crippen molar-refractivity contribution < 1.29 is 9.53 Å². The van der Waals surface area contributed by atoms with Gasteiger partial charge in [0.15, 0.2) is 0 Å². The van der Waals surface area contributed by atoms with Gasteiger partial charge in [0.2, 0.25) is 5.91 Å². The van der Waals surface area contributed by atoms with Gasteiger partial charge in [0.25, 0.3) is 0 Å². The second-order valence-electron chi connectivity index (χ2n) is 7.08. The average molecular weight is 318 g/mol. The van der Waals surface area contributed by atoms with E-state index in [-0.39, 0.29) is 0 Å². The minimum absolute atomic E-state index is 0.331. The first kappa shape index (κ1) is 15.1. The number of fused-ring (bicyclic) bond motifs is 1. The highest BCUT2D eigenvalue weighted by Gasteiger charge is 2.31. The molecule has 0 N–H and O–H groups in total. The molecule has 0 spiro atoms. The molecule has 3 aliphatic heterocycles. The maximum absolute atomic E-state index is 12.0. The minimum Gasteiger partial charge on any atom is -0.381 e. The normalized spacial score (nSPS) is 27.2. The molecule has 6 nitrogen and oxygen atoms in total. The van der Waals surface area contributed by atoms with Crippen molar-refractivity contribution in [1.29, 1.82) is 0 Å². The maximum atomic E-state index is 12.0. The van der Waals surface area contributed by atoms with Gasteiger partial charge in [0.05, 0.1) is 6.54 Å². The van der Waals surface area contributed by atoms with Crippen molar-refractivity contribution in [3.8, 4) is 0 Å². The number of likely N-dealkylation sites (tertiary alicyclic amines) is 1. The molecule has 0 aliphatic carbocycles. The predicted molar refractivity (Wildman–Crippen MR) is 85.8 cm³/mol. The third-order valence-corrected chi connectivity index (χ3v) is 5.45. The van der Waals surface area contributed by atoms with Crippen LogP contribution >= 0.6 is 0 Å². The Balaban J connectivity index is 1.50. The van der Waals surface area contributed by atoms with Crippen LogP contribution in [-0.2, 0) is 22.6 Å². The molecule has 3 aliphatic rings. The lowest BCUT2D eigenvalue weighted by molar-refractivity contribution is -0.128. The van der Waals surface area contributed by atoms with Gasteiger partial charge in [-0.05, 0) is 19.3 Å². The highest BCUT2D eigenvalue weighted by Crippen LogP contribution is 2.24. The first-order chi connectivity index (χ1) is 11.3. The van der Waals surface area contributed by atoms with E-state index in [2.05, 4.69) is 25.5 Å².